The number of carbonyl (C=O) groups excluding carboxylic acids is 2. The predicted octanol–water partition coefficient (Wildman–Crippen LogP) is 2.90. The van der Waals surface area contributed by atoms with Crippen LogP contribution in [-0.2, 0) is 11.8 Å². The fourth-order valence-corrected chi connectivity index (χ4v) is 3.44. The van der Waals surface area contributed by atoms with Gasteiger partial charge in [0.1, 0.15) is 11.6 Å². The molecule has 0 atom stereocenters. The van der Waals surface area contributed by atoms with E-state index < -0.39 is 5.91 Å². The van der Waals surface area contributed by atoms with Gasteiger partial charge in [0.2, 0.25) is 5.78 Å². The molecule has 0 spiro atoms. The minimum atomic E-state index is -0.682. The molecule has 33 heavy (non-hydrogen) atoms. The number of nitrogens with one attached hydrogen (secondary N) is 1. The number of para-hydroxylation sites is 2. The molecule has 2 heterocycles. The molecule has 0 fully saturated rings. The summed E-state index contributed by atoms with van der Waals surface area (Å²) in [5.41, 5.74) is 1.80. The number of ketones is 1. The van der Waals surface area contributed by atoms with Crippen LogP contribution in [0.4, 0.5) is 5.82 Å². The molecule has 1 N–H and O–H groups in total. The van der Waals surface area contributed by atoms with Crippen molar-refractivity contribution in [3.05, 3.63) is 83.8 Å². The Morgan fingerprint density at radius 2 is 1.76 bits per heavy atom. The molecule has 0 bridgehead atoms. The number of amides is 1. The lowest BCUT2D eigenvalue weighted by Gasteiger charge is -2.06. The molecule has 4 rings (SSSR count). The summed E-state index contributed by atoms with van der Waals surface area (Å²) >= 11 is 0. The van der Waals surface area contributed by atoms with Crippen molar-refractivity contribution in [1.29, 1.82) is 5.26 Å². The summed E-state index contributed by atoms with van der Waals surface area (Å²) in [4.78, 5) is 29.2. The fraction of sp³-hybridized carbons (Fsp3) is 0.125. The van der Waals surface area contributed by atoms with E-state index in [-0.39, 0.29) is 22.9 Å². The third kappa shape index (κ3) is 4.22. The van der Waals surface area contributed by atoms with Gasteiger partial charge in [0, 0.05) is 50.0 Å². The number of fused-ring (bicyclic) bond motifs is 1. The molecule has 164 valence electrons. The van der Waals surface area contributed by atoms with Crippen molar-refractivity contribution in [2.45, 2.75) is 0 Å². The third-order valence-electron chi connectivity index (χ3n) is 4.94. The molecule has 0 aliphatic carbocycles. The Morgan fingerprint density at radius 1 is 1.06 bits per heavy atom. The minimum Gasteiger partial charge on any atom is -0.382 e. The van der Waals surface area contributed by atoms with E-state index in [9.17, 15) is 14.9 Å². The Bertz CT molecular complexity index is 1420. The molecule has 0 aliphatic rings. The van der Waals surface area contributed by atoms with Gasteiger partial charge in [0.25, 0.3) is 5.91 Å². The molecule has 1 amide bonds. The fourth-order valence-electron chi connectivity index (χ4n) is 3.44. The van der Waals surface area contributed by atoms with E-state index in [1.54, 1.807) is 37.3 Å². The van der Waals surface area contributed by atoms with Crippen molar-refractivity contribution in [3.63, 3.8) is 0 Å². The molecular weight excluding hydrogens is 418 g/mol. The van der Waals surface area contributed by atoms with Crippen molar-refractivity contribution >= 4 is 28.4 Å². The molecule has 0 saturated carbocycles. The van der Waals surface area contributed by atoms with Crippen molar-refractivity contribution < 1.29 is 9.59 Å². The van der Waals surface area contributed by atoms with Gasteiger partial charge in [-0.3, -0.25) is 9.59 Å². The predicted molar refractivity (Wildman–Crippen MR) is 124 cm³/mol. The number of anilines is 1. The van der Waals surface area contributed by atoms with E-state index in [0.29, 0.717) is 11.3 Å². The smallest absolute Gasteiger partial charge is 0.269 e. The van der Waals surface area contributed by atoms with E-state index in [1.165, 1.54) is 11.0 Å². The second kappa shape index (κ2) is 8.80. The average Bonchev–Trinajstić information content (AvgIpc) is 3.39. The number of hydrogen-bond donors (Lipinski definition) is 1. The Morgan fingerprint density at radius 3 is 2.45 bits per heavy atom. The lowest BCUT2D eigenvalue weighted by atomic mass is 10.1. The minimum absolute atomic E-state index is 0.0225. The van der Waals surface area contributed by atoms with Crippen LogP contribution >= 0.6 is 0 Å². The molecular formula is C24H21N7O2. The van der Waals surface area contributed by atoms with Gasteiger partial charge >= 0.3 is 0 Å². The molecule has 2 aromatic carbocycles. The first-order chi connectivity index (χ1) is 15.9. The van der Waals surface area contributed by atoms with Crippen LogP contribution in [0.5, 0.6) is 0 Å². The monoisotopic (exact) mass is 439 g/mol. The number of hydrogen-bond acceptors (Lipinski definition) is 6. The Hall–Kier alpha value is -4.71. The van der Waals surface area contributed by atoms with Gasteiger partial charge in [-0.25, -0.2) is 0 Å². The Kier molecular flexibility index (Phi) is 5.74. The second-order valence-corrected chi connectivity index (χ2v) is 7.59. The summed E-state index contributed by atoms with van der Waals surface area (Å²) in [5, 5.41) is 21.5. The summed E-state index contributed by atoms with van der Waals surface area (Å²) < 4.78 is 1.86. The quantitative estimate of drug-likeness (QED) is 0.281. The lowest BCUT2D eigenvalue weighted by Crippen LogP contribution is -2.18. The van der Waals surface area contributed by atoms with Crippen LogP contribution in [0.1, 0.15) is 16.1 Å². The molecule has 0 saturated heterocycles. The van der Waals surface area contributed by atoms with Crippen molar-refractivity contribution in [3.8, 4) is 11.8 Å². The van der Waals surface area contributed by atoms with Gasteiger partial charge in [-0.15, -0.1) is 15.0 Å². The maximum Gasteiger partial charge on any atom is 0.269 e. The Balaban J connectivity index is 1.81. The summed E-state index contributed by atoms with van der Waals surface area (Å²) in [6, 6.07) is 18.4. The van der Waals surface area contributed by atoms with Gasteiger partial charge in [-0.1, -0.05) is 36.4 Å². The first-order valence-electron chi connectivity index (χ1n) is 10.1. The number of aromatic nitrogens is 4. The molecule has 2 aromatic heterocycles. The van der Waals surface area contributed by atoms with Crippen molar-refractivity contribution in [1.82, 2.24) is 24.5 Å². The number of nitriles is 1. The average molecular weight is 439 g/mol. The van der Waals surface area contributed by atoms with Crippen molar-refractivity contribution in [2.24, 2.45) is 7.05 Å². The maximum absolute atomic E-state index is 13.6. The van der Waals surface area contributed by atoms with Gasteiger partial charge < -0.3 is 14.8 Å². The summed E-state index contributed by atoms with van der Waals surface area (Å²) in [7, 11) is 5.26. The zero-order valence-corrected chi connectivity index (χ0v) is 18.4. The van der Waals surface area contributed by atoms with Crippen LogP contribution in [0.2, 0.25) is 0 Å². The van der Waals surface area contributed by atoms with Gasteiger partial charge in [0.15, 0.2) is 11.5 Å². The molecule has 0 radical (unpaired) electrons. The SMILES string of the molecule is CN(C)/C=C(\C#N)C(=O)Nc1nn(-c2ccccc2)nc1C(=O)c1cn(C)c2ccccc12. The highest BCUT2D eigenvalue weighted by Gasteiger charge is 2.26. The number of carbonyl (C=O) groups is 2. The van der Waals surface area contributed by atoms with Crippen LogP contribution in [0, 0.1) is 11.3 Å². The molecule has 0 aliphatic heterocycles. The highest BCUT2D eigenvalue weighted by atomic mass is 16.2. The zero-order valence-electron chi connectivity index (χ0n) is 18.4. The van der Waals surface area contributed by atoms with Crippen molar-refractivity contribution in [2.75, 3.05) is 19.4 Å². The summed E-state index contributed by atoms with van der Waals surface area (Å²) in [5.74, 6) is -1.10. The Labute approximate surface area is 190 Å². The zero-order chi connectivity index (χ0) is 23.5. The molecule has 9 nitrogen and oxygen atoms in total. The topological polar surface area (TPSA) is 109 Å². The van der Waals surface area contributed by atoms with E-state index in [0.717, 1.165) is 10.9 Å². The summed E-state index contributed by atoms with van der Waals surface area (Å²) in [6.45, 7) is 0. The standard InChI is InChI=1S/C24H21N7O2/c1-29(2)14-16(13-25)24(33)26-23-21(27-31(28-23)17-9-5-4-6-10-17)22(32)19-15-30(3)20-12-8-7-11-18(19)20/h4-12,14-15H,1-3H3,(H,26,28,33)/b16-14+. The molecule has 4 aromatic rings. The third-order valence-corrected chi connectivity index (χ3v) is 4.94. The van der Waals surface area contributed by atoms with E-state index in [4.69, 9.17) is 0 Å². The van der Waals surface area contributed by atoms with Gasteiger partial charge in [0.05, 0.1) is 5.69 Å². The number of aryl methyl sites for hydroxylation is 1. The molecule has 9 heteroatoms. The highest BCUT2D eigenvalue weighted by Crippen LogP contribution is 2.25. The van der Waals surface area contributed by atoms with E-state index in [1.807, 2.05) is 60.1 Å². The second-order valence-electron chi connectivity index (χ2n) is 7.59. The van der Waals surface area contributed by atoms with Crippen LogP contribution in [0.3, 0.4) is 0 Å². The van der Waals surface area contributed by atoms with Crippen LogP contribution in [-0.4, -0.2) is 50.2 Å². The number of nitrogens with zero attached hydrogens (tertiary/aromatic N) is 6. The van der Waals surface area contributed by atoms with E-state index in [2.05, 4.69) is 15.5 Å². The summed E-state index contributed by atoms with van der Waals surface area (Å²) in [6.07, 6.45) is 3.12. The first-order valence-corrected chi connectivity index (χ1v) is 10.1. The maximum atomic E-state index is 13.6. The number of rotatable bonds is 6. The largest absolute Gasteiger partial charge is 0.382 e. The lowest BCUT2D eigenvalue weighted by molar-refractivity contribution is -0.112. The van der Waals surface area contributed by atoms with Crippen LogP contribution in [0.15, 0.2) is 72.6 Å². The first kappa shape index (κ1) is 21.5. The van der Waals surface area contributed by atoms with Gasteiger partial charge in [-0.2, -0.15) is 5.26 Å². The normalized spacial score (nSPS) is 11.3. The number of benzene rings is 2. The van der Waals surface area contributed by atoms with E-state index >= 15 is 0 Å². The van der Waals surface area contributed by atoms with Gasteiger partial charge in [-0.05, 0) is 18.2 Å². The molecule has 0 unspecified atom stereocenters. The van der Waals surface area contributed by atoms with Crippen LogP contribution < -0.4 is 5.32 Å². The van der Waals surface area contributed by atoms with Crippen LogP contribution in [0.25, 0.3) is 16.6 Å². The highest BCUT2D eigenvalue weighted by molar-refractivity contribution is 6.19.